The van der Waals surface area contributed by atoms with Crippen LogP contribution in [0, 0.1) is 5.92 Å². The molecule has 570 valence electrons. The van der Waals surface area contributed by atoms with E-state index in [0.717, 1.165) is 96.3 Å². The van der Waals surface area contributed by atoms with Gasteiger partial charge < -0.3 is 89.1 Å². The highest BCUT2D eigenvalue weighted by Crippen LogP contribution is 2.49. The summed E-state index contributed by atoms with van der Waals surface area (Å²) in [5.41, 5.74) is 0. The van der Waals surface area contributed by atoms with Gasteiger partial charge in [-0.05, 0) is 50.9 Å². The van der Waals surface area contributed by atoms with Gasteiger partial charge in [-0.25, -0.2) is 4.57 Å². The van der Waals surface area contributed by atoms with E-state index in [1.165, 1.54) is 128 Å². The van der Waals surface area contributed by atoms with E-state index in [-0.39, 0.29) is 19.3 Å². The van der Waals surface area contributed by atoms with Gasteiger partial charge >= 0.3 is 25.7 Å². The number of unbranched alkanes of at least 4 members (excludes halogenated alkanes) is 31. The van der Waals surface area contributed by atoms with Crippen LogP contribution in [0.5, 0.6) is 0 Å². The highest BCUT2D eigenvalue weighted by molar-refractivity contribution is 7.47. The number of hydrogen-bond donors (Lipinski definition) is 11. The Morgan fingerprint density at radius 3 is 1.23 bits per heavy atom. The zero-order valence-electron chi connectivity index (χ0n) is 59.5. The predicted octanol–water partition coefficient (Wildman–Crippen LogP) is 10.2. The lowest BCUT2D eigenvalue weighted by Crippen LogP contribution is -2.69. The SMILES string of the molecule is CCCCCCCC/C=C\CCCCCC(=O)OCC(COP(=O)(O)OC1C(OC2OC(CO)C(O)C(O)C2O)C(O)C(O)C(O)C1OC1OC(COC(=O)CCCCCCCCCCCCCCC)C(O)C(O)C1O)OC(=O)CCCCCCCCC(C)CCCCCCCC. The number of aliphatic hydroxyl groups excluding tert-OH is 10. The largest absolute Gasteiger partial charge is 0.472 e. The van der Waals surface area contributed by atoms with Crippen molar-refractivity contribution in [3.05, 3.63) is 12.2 Å². The van der Waals surface area contributed by atoms with Crippen LogP contribution in [0.4, 0.5) is 0 Å². The first-order valence-electron chi connectivity index (χ1n) is 37.9. The Kier molecular flexibility index (Phi) is 49.0. The Morgan fingerprint density at radius 1 is 0.423 bits per heavy atom. The Balaban J connectivity index is 1.75. The number of phosphoric ester groups is 1. The lowest BCUT2D eigenvalue weighted by Gasteiger charge is -2.49. The van der Waals surface area contributed by atoms with Crippen molar-refractivity contribution in [1.29, 1.82) is 0 Å². The van der Waals surface area contributed by atoms with Crippen LogP contribution in [-0.2, 0) is 61.2 Å². The summed E-state index contributed by atoms with van der Waals surface area (Å²) in [6.45, 7) is 5.74. The van der Waals surface area contributed by atoms with Crippen molar-refractivity contribution in [3.63, 3.8) is 0 Å². The van der Waals surface area contributed by atoms with Gasteiger partial charge in [-0.3, -0.25) is 23.4 Å². The molecule has 0 radical (unpaired) electrons. The molecule has 24 nitrogen and oxygen atoms in total. The van der Waals surface area contributed by atoms with E-state index in [4.69, 9.17) is 42.2 Å². The second-order valence-corrected chi connectivity index (χ2v) is 29.0. The fourth-order valence-electron chi connectivity index (χ4n) is 12.6. The normalized spacial score (nSPS) is 28.2. The maximum Gasteiger partial charge on any atom is 0.472 e. The summed E-state index contributed by atoms with van der Waals surface area (Å²) < 4.78 is 65.0. The maximum absolute atomic E-state index is 14.3. The first-order chi connectivity index (χ1) is 46.7. The average molecular weight is 1410 g/mol. The number of rotatable bonds is 58. The molecule has 3 aliphatic rings. The molecule has 2 aliphatic heterocycles. The van der Waals surface area contributed by atoms with Crippen LogP contribution in [0.3, 0.4) is 0 Å². The van der Waals surface area contributed by atoms with Gasteiger partial charge in [0.2, 0.25) is 0 Å². The molecule has 0 spiro atoms. The monoisotopic (exact) mass is 1410 g/mol. The van der Waals surface area contributed by atoms with Crippen molar-refractivity contribution < 1.29 is 117 Å². The van der Waals surface area contributed by atoms with Crippen LogP contribution in [0.1, 0.15) is 291 Å². The second-order valence-electron chi connectivity index (χ2n) is 27.6. The predicted molar refractivity (Wildman–Crippen MR) is 365 cm³/mol. The molecular weight excluding hydrogens is 1280 g/mol. The third-order valence-electron chi connectivity index (χ3n) is 18.9. The minimum atomic E-state index is -5.70. The molecule has 1 saturated carbocycles. The number of allylic oxidation sites excluding steroid dienone is 2. The van der Waals surface area contributed by atoms with E-state index in [0.29, 0.717) is 25.2 Å². The number of carbonyl (C=O) groups is 3. The molecule has 11 N–H and O–H groups in total. The van der Waals surface area contributed by atoms with Gasteiger partial charge in [-0.1, -0.05) is 239 Å². The van der Waals surface area contributed by atoms with Crippen molar-refractivity contribution in [2.24, 2.45) is 5.92 Å². The molecule has 19 atom stereocenters. The smallest absolute Gasteiger partial charge is 0.463 e. The highest BCUT2D eigenvalue weighted by Gasteiger charge is 2.58. The van der Waals surface area contributed by atoms with Gasteiger partial charge in [-0.15, -0.1) is 0 Å². The Labute approximate surface area is 580 Å². The molecule has 3 fully saturated rings. The van der Waals surface area contributed by atoms with Crippen LogP contribution in [0.2, 0.25) is 0 Å². The lowest BCUT2D eigenvalue weighted by molar-refractivity contribution is -0.360. The van der Waals surface area contributed by atoms with Crippen molar-refractivity contribution >= 4 is 25.7 Å². The van der Waals surface area contributed by atoms with E-state index in [2.05, 4.69) is 39.8 Å². The van der Waals surface area contributed by atoms with E-state index >= 15 is 0 Å². The molecule has 19 unspecified atom stereocenters. The molecule has 0 aromatic carbocycles. The van der Waals surface area contributed by atoms with Crippen molar-refractivity contribution in [1.82, 2.24) is 0 Å². The first-order valence-corrected chi connectivity index (χ1v) is 39.4. The van der Waals surface area contributed by atoms with Gasteiger partial charge in [-0.2, -0.15) is 0 Å². The molecule has 2 saturated heterocycles. The van der Waals surface area contributed by atoms with Crippen molar-refractivity contribution in [2.45, 2.75) is 395 Å². The molecule has 0 amide bonds. The van der Waals surface area contributed by atoms with Crippen molar-refractivity contribution in [2.75, 3.05) is 26.4 Å². The lowest BCUT2D eigenvalue weighted by atomic mass is 9.84. The van der Waals surface area contributed by atoms with Crippen LogP contribution < -0.4 is 0 Å². The van der Waals surface area contributed by atoms with E-state index < -0.39 is 156 Å². The van der Waals surface area contributed by atoms with Crippen LogP contribution in [-0.4, -0.2) is 204 Å². The summed E-state index contributed by atoms with van der Waals surface area (Å²) in [4.78, 5) is 51.0. The Bertz CT molecular complexity index is 2080. The van der Waals surface area contributed by atoms with Crippen LogP contribution in [0.25, 0.3) is 0 Å². The van der Waals surface area contributed by atoms with Crippen LogP contribution in [0.15, 0.2) is 12.2 Å². The quantitative estimate of drug-likeness (QED) is 0.00886. The fourth-order valence-corrected chi connectivity index (χ4v) is 13.6. The fraction of sp³-hybridized carbons (Fsp3) is 0.931. The summed E-state index contributed by atoms with van der Waals surface area (Å²) in [6.07, 6.45) is 10.0. The minimum absolute atomic E-state index is 0.0267. The van der Waals surface area contributed by atoms with Gasteiger partial charge in [0.15, 0.2) is 18.7 Å². The van der Waals surface area contributed by atoms with E-state index in [1.807, 2.05) is 0 Å². The molecule has 0 aromatic heterocycles. The highest BCUT2D eigenvalue weighted by atomic mass is 31.2. The topological polar surface area (TPSA) is 374 Å². The summed E-state index contributed by atoms with van der Waals surface area (Å²) in [5, 5.41) is 110. The number of hydrogen-bond acceptors (Lipinski definition) is 23. The molecule has 1 aliphatic carbocycles. The van der Waals surface area contributed by atoms with E-state index in [1.54, 1.807) is 0 Å². The first kappa shape index (κ1) is 88.9. The Morgan fingerprint density at radius 2 is 0.784 bits per heavy atom. The van der Waals surface area contributed by atoms with Crippen LogP contribution >= 0.6 is 7.82 Å². The molecule has 0 bridgehead atoms. The second kappa shape index (κ2) is 53.5. The molecule has 97 heavy (non-hydrogen) atoms. The molecular formula is C72H133O24P. The summed E-state index contributed by atoms with van der Waals surface area (Å²) in [6, 6.07) is 0. The van der Waals surface area contributed by atoms with Gasteiger partial charge in [0.05, 0.1) is 13.2 Å². The number of esters is 3. The third-order valence-corrected chi connectivity index (χ3v) is 19.9. The number of carbonyl (C=O) groups excluding carboxylic acids is 3. The van der Waals surface area contributed by atoms with Gasteiger partial charge in [0.25, 0.3) is 0 Å². The van der Waals surface area contributed by atoms with Gasteiger partial charge in [0.1, 0.15) is 98.7 Å². The van der Waals surface area contributed by atoms with E-state index in [9.17, 15) is 74.9 Å². The molecule has 2 heterocycles. The summed E-state index contributed by atoms with van der Waals surface area (Å²) >= 11 is 0. The zero-order chi connectivity index (χ0) is 71.2. The van der Waals surface area contributed by atoms with Crippen molar-refractivity contribution in [3.8, 4) is 0 Å². The molecule has 0 aromatic rings. The summed E-state index contributed by atoms with van der Waals surface area (Å²) in [5.74, 6) is -1.32. The maximum atomic E-state index is 14.3. The van der Waals surface area contributed by atoms with Gasteiger partial charge in [0, 0.05) is 19.3 Å². The minimum Gasteiger partial charge on any atom is -0.463 e. The third kappa shape index (κ3) is 37.1. The average Bonchev–Trinajstić information content (AvgIpc) is 0.765. The number of aliphatic hydroxyl groups is 10. The zero-order valence-corrected chi connectivity index (χ0v) is 60.4. The summed E-state index contributed by atoms with van der Waals surface area (Å²) in [7, 11) is -5.70. The number of phosphoric acid groups is 1. The standard InChI is InChI=1S/C72H133O24P/c1-5-8-11-14-17-19-21-23-25-27-29-35-40-45-56(74)88-49-53(91-58(76)47-42-37-32-31-34-39-44-52(4)43-38-33-16-13-10-7-3)50-90-97(86,87)96-70-68(94-71-66(84)61(79)59(77)54(48-73)92-71)64(82)63(81)65(83)69(70)95-72-67(85)62(80)60(78)55(93-72)51-89-57(75)46-41-36-30-28-26-24-22-20-18-15-12-9-6-2/h23,25,52-55,59-73,77-85H,5-22,24,26-51H2,1-4H3,(H,86,87)/b25-23-. The Hall–Kier alpha value is -2.30. The molecule has 25 heteroatoms. The number of ether oxygens (including phenoxy) is 7. The molecule has 3 rings (SSSR count).